The van der Waals surface area contributed by atoms with Crippen molar-refractivity contribution in [3.05, 3.63) is 11.8 Å². The van der Waals surface area contributed by atoms with Crippen LogP contribution in [0, 0.1) is 12.8 Å². The van der Waals surface area contributed by atoms with Gasteiger partial charge in [0.2, 0.25) is 5.95 Å². The molecule has 0 saturated carbocycles. The number of piperidine rings is 1. The number of anilines is 2. The number of aliphatic hydroxyl groups excluding tert-OH is 1. The molecule has 1 atom stereocenters. The van der Waals surface area contributed by atoms with E-state index in [1.807, 2.05) is 19.9 Å². The summed E-state index contributed by atoms with van der Waals surface area (Å²) in [4.78, 5) is 11.3. The Kier molecular flexibility index (Phi) is 4.96. The van der Waals surface area contributed by atoms with E-state index in [4.69, 9.17) is 5.11 Å². The molecule has 0 radical (unpaired) electrons. The molecule has 1 aliphatic heterocycles. The summed E-state index contributed by atoms with van der Waals surface area (Å²) in [6.07, 6.45) is 3.27. The van der Waals surface area contributed by atoms with Gasteiger partial charge in [0.05, 0.1) is 0 Å². The number of nitrogens with zero attached hydrogens (tertiary/aromatic N) is 3. The van der Waals surface area contributed by atoms with Gasteiger partial charge < -0.3 is 15.3 Å². The molecule has 19 heavy (non-hydrogen) atoms. The molecule has 0 bridgehead atoms. The van der Waals surface area contributed by atoms with Crippen molar-refractivity contribution in [2.45, 2.75) is 33.1 Å². The Morgan fingerprint density at radius 1 is 1.47 bits per heavy atom. The van der Waals surface area contributed by atoms with Gasteiger partial charge in [-0.3, -0.25) is 0 Å². The van der Waals surface area contributed by atoms with Crippen molar-refractivity contribution in [1.82, 2.24) is 9.97 Å². The lowest BCUT2D eigenvalue weighted by atomic mass is 9.95. The highest BCUT2D eigenvalue weighted by molar-refractivity contribution is 5.45. The third-order valence-electron chi connectivity index (χ3n) is 3.56. The fourth-order valence-electron chi connectivity index (χ4n) is 2.64. The molecular weight excluding hydrogens is 240 g/mol. The highest BCUT2D eigenvalue weighted by atomic mass is 16.3. The minimum Gasteiger partial charge on any atom is -0.396 e. The van der Waals surface area contributed by atoms with E-state index in [1.165, 1.54) is 12.8 Å². The van der Waals surface area contributed by atoms with Gasteiger partial charge in [-0.2, -0.15) is 4.98 Å². The molecule has 2 N–H and O–H groups in total. The summed E-state index contributed by atoms with van der Waals surface area (Å²) in [5.74, 6) is 2.30. The van der Waals surface area contributed by atoms with Crippen molar-refractivity contribution < 1.29 is 5.11 Å². The summed E-state index contributed by atoms with van der Waals surface area (Å²) in [7, 11) is 0. The fourth-order valence-corrected chi connectivity index (χ4v) is 2.64. The number of aromatic nitrogens is 2. The minimum absolute atomic E-state index is 0.282. The van der Waals surface area contributed by atoms with Gasteiger partial charge in [0.25, 0.3) is 0 Å². The van der Waals surface area contributed by atoms with Crippen LogP contribution in [-0.2, 0) is 0 Å². The van der Waals surface area contributed by atoms with Gasteiger partial charge in [-0.25, -0.2) is 4.98 Å². The molecule has 5 nitrogen and oxygen atoms in total. The first-order valence-corrected chi connectivity index (χ1v) is 7.18. The van der Waals surface area contributed by atoms with Crippen LogP contribution in [0.3, 0.4) is 0 Å². The first-order valence-electron chi connectivity index (χ1n) is 7.18. The highest BCUT2D eigenvalue weighted by Crippen LogP contribution is 2.24. The Balaban J connectivity index is 2.11. The third-order valence-corrected chi connectivity index (χ3v) is 3.56. The Bertz CT molecular complexity index is 408. The van der Waals surface area contributed by atoms with Crippen LogP contribution >= 0.6 is 0 Å². The molecular formula is C14H24N4O. The van der Waals surface area contributed by atoms with Crippen LogP contribution in [0.1, 0.15) is 31.9 Å². The second-order valence-electron chi connectivity index (χ2n) is 5.19. The second-order valence-corrected chi connectivity index (χ2v) is 5.19. The number of aryl methyl sites for hydroxylation is 1. The van der Waals surface area contributed by atoms with Crippen LogP contribution < -0.4 is 10.2 Å². The standard InChI is InChI=1S/C14H24N4O/c1-3-15-14-16-11(2)9-13(17-14)18-7-4-5-12(10-18)6-8-19/h9,12,19H,3-8,10H2,1-2H3,(H,15,16,17). The monoisotopic (exact) mass is 264 g/mol. The van der Waals surface area contributed by atoms with E-state index in [0.717, 1.165) is 37.6 Å². The number of nitrogens with one attached hydrogen (secondary N) is 1. The predicted octanol–water partition coefficient (Wildman–Crippen LogP) is 1.82. The third kappa shape index (κ3) is 3.80. The smallest absolute Gasteiger partial charge is 0.224 e. The van der Waals surface area contributed by atoms with Gasteiger partial charge in [0.15, 0.2) is 0 Å². The molecule has 0 amide bonds. The first kappa shape index (κ1) is 14.1. The van der Waals surface area contributed by atoms with E-state index < -0.39 is 0 Å². The highest BCUT2D eigenvalue weighted by Gasteiger charge is 2.21. The summed E-state index contributed by atoms with van der Waals surface area (Å²) in [5.41, 5.74) is 0.991. The normalized spacial score (nSPS) is 19.5. The number of hydrogen-bond donors (Lipinski definition) is 2. The quantitative estimate of drug-likeness (QED) is 0.849. The molecule has 1 aliphatic rings. The molecule has 1 aromatic rings. The molecule has 1 unspecified atom stereocenters. The van der Waals surface area contributed by atoms with E-state index in [9.17, 15) is 0 Å². The average Bonchev–Trinajstić information content (AvgIpc) is 2.39. The molecule has 2 heterocycles. The van der Waals surface area contributed by atoms with Crippen molar-refractivity contribution in [3.8, 4) is 0 Å². The van der Waals surface area contributed by atoms with Crippen LogP contribution in [0.15, 0.2) is 6.07 Å². The van der Waals surface area contributed by atoms with Gasteiger partial charge in [0.1, 0.15) is 5.82 Å². The van der Waals surface area contributed by atoms with Crippen molar-refractivity contribution in [2.24, 2.45) is 5.92 Å². The van der Waals surface area contributed by atoms with Gasteiger partial charge in [-0.05, 0) is 39.0 Å². The summed E-state index contributed by atoms with van der Waals surface area (Å²) >= 11 is 0. The lowest BCUT2D eigenvalue weighted by molar-refractivity contribution is 0.244. The van der Waals surface area contributed by atoms with Crippen molar-refractivity contribution in [3.63, 3.8) is 0 Å². The van der Waals surface area contributed by atoms with E-state index >= 15 is 0 Å². The fraction of sp³-hybridized carbons (Fsp3) is 0.714. The summed E-state index contributed by atoms with van der Waals surface area (Å²) in [6.45, 7) is 7.19. The molecule has 0 spiro atoms. The number of aliphatic hydroxyl groups is 1. The second kappa shape index (κ2) is 6.70. The Morgan fingerprint density at radius 3 is 3.05 bits per heavy atom. The maximum absolute atomic E-state index is 9.08. The molecule has 1 fully saturated rings. The van der Waals surface area contributed by atoms with Gasteiger partial charge in [-0.1, -0.05) is 0 Å². The summed E-state index contributed by atoms with van der Waals surface area (Å²) in [5, 5.41) is 12.3. The largest absolute Gasteiger partial charge is 0.396 e. The average molecular weight is 264 g/mol. The van der Waals surface area contributed by atoms with Crippen molar-refractivity contribution >= 4 is 11.8 Å². The maximum Gasteiger partial charge on any atom is 0.224 e. The zero-order valence-electron chi connectivity index (χ0n) is 11.9. The van der Waals surface area contributed by atoms with Crippen LogP contribution in [0.25, 0.3) is 0 Å². The van der Waals surface area contributed by atoms with E-state index in [1.54, 1.807) is 0 Å². The van der Waals surface area contributed by atoms with Crippen LogP contribution in [0.2, 0.25) is 0 Å². The van der Waals surface area contributed by atoms with Crippen LogP contribution in [0.4, 0.5) is 11.8 Å². The SMILES string of the molecule is CCNc1nc(C)cc(N2CCCC(CCO)C2)n1. The number of hydrogen-bond acceptors (Lipinski definition) is 5. The maximum atomic E-state index is 9.08. The van der Waals surface area contributed by atoms with E-state index in [-0.39, 0.29) is 6.61 Å². The minimum atomic E-state index is 0.282. The first-order chi connectivity index (χ1) is 9.22. The van der Waals surface area contributed by atoms with Gasteiger partial charge in [0, 0.05) is 38.0 Å². The lowest BCUT2D eigenvalue weighted by Gasteiger charge is -2.33. The molecule has 5 heteroatoms. The van der Waals surface area contributed by atoms with Gasteiger partial charge >= 0.3 is 0 Å². The summed E-state index contributed by atoms with van der Waals surface area (Å²) in [6, 6.07) is 2.04. The Labute approximate surface area is 115 Å². The zero-order chi connectivity index (χ0) is 13.7. The zero-order valence-corrected chi connectivity index (χ0v) is 11.9. The van der Waals surface area contributed by atoms with Crippen molar-refractivity contribution in [2.75, 3.05) is 36.5 Å². The summed E-state index contributed by atoms with van der Waals surface area (Å²) < 4.78 is 0. The van der Waals surface area contributed by atoms with Crippen molar-refractivity contribution in [1.29, 1.82) is 0 Å². The Hall–Kier alpha value is -1.36. The van der Waals surface area contributed by atoms with E-state index in [0.29, 0.717) is 11.9 Å². The molecule has 2 rings (SSSR count). The topological polar surface area (TPSA) is 61.3 Å². The Morgan fingerprint density at radius 2 is 2.32 bits per heavy atom. The molecule has 0 aliphatic carbocycles. The predicted molar refractivity (Wildman–Crippen MR) is 77.6 cm³/mol. The number of rotatable bonds is 5. The lowest BCUT2D eigenvalue weighted by Crippen LogP contribution is -2.36. The van der Waals surface area contributed by atoms with Crippen LogP contribution in [-0.4, -0.2) is 41.3 Å². The molecule has 0 aromatic carbocycles. The molecule has 1 aromatic heterocycles. The van der Waals surface area contributed by atoms with Crippen LogP contribution in [0.5, 0.6) is 0 Å². The molecule has 1 saturated heterocycles. The van der Waals surface area contributed by atoms with E-state index in [2.05, 4.69) is 20.2 Å². The van der Waals surface area contributed by atoms with Gasteiger partial charge in [-0.15, -0.1) is 0 Å². The molecule has 106 valence electrons.